The molecular weight excluding hydrogens is 132 g/mol. The van der Waals surface area contributed by atoms with Gasteiger partial charge in [0.1, 0.15) is 0 Å². The minimum absolute atomic E-state index is 0.0768. The molecule has 0 unspecified atom stereocenters. The summed E-state index contributed by atoms with van der Waals surface area (Å²) in [7, 11) is 0. The molecule has 0 aliphatic heterocycles. The summed E-state index contributed by atoms with van der Waals surface area (Å²) in [5.74, 6) is 0. The van der Waals surface area contributed by atoms with Gasteiger partial charge in [-0.1, -0.05) is 5.21 Å². The van der Waals surface area contributed by atoms with E-state index in [2.05, 4.69) is 10.3 Å². The van der Waals surface area contributed by atoms with Crippen LogP contribution >= 0.6 is 0 Å². The minimum Gasteiger partial charge on any atom is -0.394 e. The van der Waals surface area contributed by atoms with E-state index in [0.717, 1.165) is 5.69 Å². The second kappa shape index (κ2) is 3.28. The van der Waals surface area contributed by atoms with Crippen molar-refractivity contribution in [1.29, 1.82) is 0 Å². The second-order valence-electron chi connectivity index (χ2n) is 1.90. The molecule has 0 aliphatic rings. The summed E-state index contributed by atoms with van der Waals surface area (Å²) in [5, 5.41) is 15.9. The predicted octanol–water partition coefficient (Wildman–Crippen LogP) is -1.27. The largest absolute Gasteiger partial charge is 0.394 e. The van der Waals surface area contributed by atoms with Crippen LogP contribution in [0, 0.1) is 0 Å². The van der Waals surface area contributed by atoms with E-state index < -0.39 is 0 Å². The van der Waals surface area contributed by atoms with Gasteiger partial charge < -0.3 is 10.8 Å². The number of nitrogens with zero attached hydrogens (tertiary/aromatic N) is 3. The molecular formula is C5H10N4O. The first-order chi connectivity index (χ1) is 4.86. The summed E-state index contributed by atoms with van der Waals surface area (Å²) >= 11 is 0. The third-order valence-electron chi connectivity index (χ3n) is 1.12. The van der Waals surface area contributed by atoms with E-state index in [-0.39, 0.29) is 6.61 Å². The Labute approximate surface area is 58.5 Å². The van der Waals surface area contributed by atoms with Gasteiger partial charge in [0.05, 0.1) is 18.8 Å². The molecule has 0 saturated heterocycles. The van der Waals surface area contributed by atoms with E-state index in [1.807, 2.05) is 0 Å². The minimum atomic E-state index is 0.0768. The number of aliphatic hydroxyl groups excluding tert-OH is 1. The Kier molecular flexibility index (Phi) is 2.35. The summed E-state index contributed by atoms with van der Waals surface area (Å²) in [6, 6.07) is 0. The van der Waals surface area contributed by atoms with Crippen LogP contribution in [0.3, 0.4) is 0 Å². The molecule has 56 valence electrons. The van der Waals surface area contributed by atoms with Gasteiger partial charge >= 0.3 is 0 Å². The summed E-state index contributed by atoms with van der Waals surface area (Å²) in [4.78, 5) is 0. The fourth-order valence-corrected chi connectivity index (χ4v) is 0.644. The van der Waals surface area contributed by atoms with Gasteiger partial charge in [0.25, 0.3) is 0 Å². The van der Waals surface area contributed by atoms with Gasteiger partial charge in [-0.15, -0.1) is 5.10 Å². The molecule has 0 aromatic carbocycles. The zero-order chi connectivity index (χ0) is 7.40. The Bertz CT molecular complexity index is 197. The number of aromatic nitrogens is 3. The lowest BCUT2D eigenvalue weighted by Crippen LogP contribution is -2.02. The Hall–Kier alpha value is -0.940. The van der Waals surface area contributed by atoms with Crippen LogP contribution in [0.5, 0.6) is 0 Å². The highest BCUT2D eigenvalue weighted by Gasteiger charge is 1.95. The molecule has 0 bridgehead atoms. The average Bonchev–Trinajstić information content (AvgIpc) is 2.37. The lowest BCUT2D eigenvalue weighted by atomic mass is 10.5. The molecule has 0 amide bonds. The molecule has 1 rings (SSSR count). The van der Waals surface area contributed by atoms with Gasteiger partial charge in [-0.25, -0.2) is 4.68 Å². The maximum Gasteiger partial charge on any atom is 0.0962 e. The monoisotopic (exact) mass is 142 g/mol. The number of nitrogens with two attached hydrogens (primary N) is 1. The van der Waals surface area contributed by atoms with Crippen LogP contribution in [0.4, 0.5) is 0 Å². The molecule has 0 aliphatic carbocycles. The quantitative estimate of drug-likeness (QED) is 0.551. The zero-order valence-corrected chi connectivity index (χ0v) is 5.56. The van der Waals surface area contributed by atoms with Crippen molar-refractivity contribution in [3.8, 4) is 0 Å². The molecule has 1 aromatic rings. The highest BCUT2D eigenvalue weighted by Crippen LogP contribution is 1.89. The van der Waals surface area contributed by atoms with E-state index in [1.165, 1.54) is 0 Å². The van der Waals surface area contributed by atoms with E-state index in [0.29, 0.717) is 13.1 Å². The van der Waals surface area contributed by atoms with Crippen molar-refractivity contribution in [2.75, 3.05) is 6.61 Å². The molecule has 1 aromatic heterocycles. The number of aliphatic hydroxyl groups is 1. The van der Waals surface area contributed by atoms with Gasteiger partial charge in [0.2, 0.25) is 0 Å². The average molecular weight is 142 g/mol. The molecule has 5 heteroatoms. The molecule has 10 heavy (non-hydrogen) atoms. The molecule has 5 nitrogen and oxygen atoms in total. The van der Waals surface area contributed by atoms with Crippen molar-refractivity contribution in [2.24, 2.45) is 5.73 Å². The van der Waals surface area contributed by atoms with Crippen LogP contribution in [0.15, 0.2) is 6.20 Å². The summed E-state index contributed by atoms with van der Waals surface area (Å²) < 4.78 is 1.56. The highest BCUT2D eigenvalue weighted by atomic mass is 16.3. The molecule has 0 spiro atoms. The molecule has 1 heterocycles. The van der Waals surface area contributed by atoms with Crippen molar-refractivity contribution in [2.45, 2.75) is 13.1 Å². The third-order valence-corrected chi connectivity index (χ3v) is 1.12. The maximum atomic E-state index is 8.48. The van der Waals surface area contributed by atoms with Crippen LogP contribution in [0.2, 0.25) is 0 Å². The summed E-state index contributed by atoms with van der Waals surface area (Å²) in [5.41, 5.74) is 6.02. The molecule has 0 fully saturated rings. The van der Waals surface area contributed by atoms with Gasteiger partial charge in [0.15, 0.2) is 0 Å². The van der Waals surface area contributed by atoms with Crippen molar-refractivity contribution >= 4 is 0 Å². The van der Waals surface area contributed by atoms with Crippen molar-refractivity contribution < 1.29 is 5.11 Å². The van der Waals surface area contributed by atoms with Gasteiger partial charge in [-0.2, -0.15) is 0 Å². The predicted molar refractivity (Wildman–Crippen MR) is 35.0 cm³/mol. The smallest absolute Gasteiger partial charge is 0.0962 e. The summed E-state index contributed by atoms with van der Waals surface area (Å²) in [6.45, 7) is 0.950. The normalized spacial score (nSPS) is 10.2. The Morgan fingerprint density at radius 1 is 1.70 bits per heavy atom. The third kappa shape index (κ3) is 1.52. The van der Waals surface area contributed by atoms with Crippen LogP contribution < -0.4 is 5.73 Å². The van der Waals surface area contributed by atoms with Crippen LogP contribution in [0.25, 0.3) is 0 Å². The lowest BCUT2D eigenvalue weighted by molar-refractivity contribution is 0.268. The van der Waals surface area contributed by atoms with Gasteiger partial charge in [0, 0.05) is 12.7 Å². The second-order valence-corrected chi connectivity index (χ2v) is 1.90. The van der Waals surface area contributed by atoms with Crippen molar-refractivity contribution in [3.05, 3.63) is 11.9 Å². The Morgan fingerprint density at radius 3 is 3.00 bits per heavy atom. The number of hydrogen-bond acceptors (Lipinski definition) is 4. The lowest BCUT2D eigenvalue weighted by Gasteiger charge is -1.91. The van der Waals surface area contributed by atoms with Crippen molar-refractivity contribution in [1.82, 2.24) is 15.0 Å². The van der Waals surface area contributed by atoms with Gasteiger partial charge in [-0.3, -0.25) is 0 Å². The molecule has 3 N–H and O–H groups in total. The van der Waals surface area contributed by atoms with E-state index in [4.69, 9.17) is 10.8 Å². The molecule has 0 saturated carbocycles. The Balaban J connectivity index is 2.59. The number of rotatable bonds is 3. The van der Waals surface area contributed by atoms with E-state index in [9.17, 15) is 0 Å². The first kappa shape index (κ1) is 7.17. The molecule has 0 radical (unpaired) electrons. The van der Waals surface area contributed by atoms with E-state index in [1.54, 1.807) is 10.9 Å². The fourth-order valence-electron chi connectivity index (χ4n) is 0.644. The van der Waals surface area contributed by atoms with Crippen LogP contribution in [-0.2, 0) is 13.1 Å². The van der Waals surface area contributed by atoms with Crippen molar-refractivity contribution in [3.63, 3.8) is 0 Å². The molecule has 0 atom stereocenters. The standard InChI is InChI=1S/C5H10N4O/c6-3-5-4-9(1-2-10)8-7-5/h4,10H,1-3,6H2. The maximum absolute atomic E-state index is 8.48. The fraction of sp³-hybridized carbons (Fsp3) is 0.600. The highest BCUT2D eigenvalue weighted by molar-refractivity contribution is 4.89. The first-order valence-electron chi connectivity index (χ1n) is 3.06. The topological polar surface area (TPSA) is 77.0 Å². The summed E-state index contributed by atoms with van der Waals surface area (Å²) in [6.07, 6.45) is 1.72. The van der Waals surface area contributed by atoms with Crippen LogP contribution in [0.1, 0.15) is 5.69 Å². The zero-order valence-electron chi connectivity index (χ0n) is 5.56. The van der Waals surface area contributed by atoms with Gasteiger partial charge in [-0.05, 0) is 0 Å². The number of hydrogen-bond donors (Lipinski definition) is 2. The first-order valence-corrected chi connectivity index (χ1v) is 3.06. The Morgan fingerprint density at radius 2 is 2.50 bits per heavy atom. The van der Waals surface area contributed by atoms with Crippen LogP contribution in [-0.4, -0.2) is 26.7 Å². The SMILES string of the molecule is NCc1cn(CCO)nn1. The van der Waals surface area contributed by atoms with E-state index >= 15 is 0 Å².